The molecule has 2 rings (SSSR count). The van der Waals surface area contributed by atoms with Crippen LogP contribution in [0.4, 0.5) is 0 Å². The first-order valence-corrected chi connectivity index (χ1v) is 8.92. The fourth-order valence-electron chi connectivity index (χ4n) is 1.99. The van der Waals surface area contributed by atoms with Gasteiger partial charge in [-0.05, 0) is 40.5 Å². The van der Waals surface area contributed by atoms with E-state index in [1.807, 2.05) is 6.92 Å². The smallest absolute Gasteiger partial charge is 0.305 e. The first-order valence-electron chi connectivity index (χ1n) is 7.25. The Kier molecular flexibility index (Phi) is 6.82. The zero-order chi connectivity index (χ0) is 18.4. The van der Waals surface area contributed by atoms with Crippen molar-refractivity contribution in [1.82, 2.24) is 5.32 Å². The quantitative estimate of drug-likeness (QED) is 0.507. The number of amidine groups is 1. The first-order chi connectivity index (χ1) is 11.9. The minimum atomic E-state index is -1.04. The zero-order valence-electron chi connectivity index (χ0n) is 13.5. The summed E-state index contributed by atoms with van der Waals surface area (Å²) in [6, 6.07) is 3.54. The van der Waals surface area contributed by atoms with E-state index in [9.17, 15) is 9.59 Å². The van der Waals surface area contributed by atoms with Crippen LogP contribution in [0.5, 0.6) is 11.5 Å². The monoisotopic (exact) mass is 429 g/mol. The topological polar surface area (TPSA) is 110 Å². The van der Waals surface area contributed by atoms with Gasteiger partial charge in [0, 0.05) is 0 Å². The van der Waals surface area contributed by atoms with Crippen LogP contribution in [0, 0.1) is 0 Å². The van der Waals surface area contributed by atoms with Crippen molar-refractivity contribution >= 4 is 51.0 Å². The van der Waals surface area contributed by atoms with Crippen LogP contribution in [0.25, 0.3) is 0 Å². The molecule has 10 heteroatoms. The van der Waals surface area contributed by atoms with E-state index >= 15 is 0 Å². The van der Waals surface area contributed by atoms with Crippen molar-refractivity contribution < 1.29 is 24.2 Å². The standard InChI is InChI=1S/C15H16BrN3O5S/c1-3-24-13-9(16)4-8(5-10(13)23-2)7-17-19-15-18-14(22)11(25-15)6-12(20)21/h4-5,7,11H,3,6H2,1-2H3,(H,20,21)(H,18,19,22)/b17-7+. The molecule has 1 atom stereocenters. The molecule has 0 aromatic heterocycles. The molecule has 0 saturated carbocycles. The summed E-state index contributed by atoms with van der Waals surface area (Å²) in [4.78, 5) is 22.3. The third kappa shape index (κ3) is 5.20. The lowest BCUT2D eigenvalue weighted by molar-refractivity contribution is -0.138. The Morgan fingerprint density at radius 1 is 1.52 bits per heavy atom. The van der Waals surface area contributed by atoms with Gasteiger partial charge in [0.15, 0.2) is 16.7 Å². The van der Waals surface area contributed by atoms with Gasteiger partial charge in [0.05, 0.1) is 30.8 Å². The number of ether oxygens (including phenoxy) is 2. The van der Waals surface area contributed by atoms with E-state index in [-0.39, 0.29) is 17.5 Å². The van der Waals surface area contributed by atoms with Crippen LogP contribution in [0.2, 0.25) is 0 Å². The Balaban J connectivity index is 2.11. The summed E-state index contributed by atoms with van der Waals surface area (Å²) in [5.74, 6) is -0.269. The van der Waals surface area contributed by atoms with Crippen molar-refractivity contribution in [2.75, 3.05) is 13.7 Å². The number of methoxy groups -OCH3 is 1. The molecule has 1 aromatic rings. The van der Waals surface area contributed by atoms with Gasteiger partial charge in [-0.2, -0.15) is 5.10 Å². The number of rotatable bonds is 7. The van der Waals surface area contributed by atoms with Crippen LogP contribution in [0.15, 0.2) is 26.8 Å². The maximum absolute atomic E-state index is 11.6. The molecule has 1 aliphatic rings. The lowest BCUT2D eigenvalue weighted by Crippen LogP contribution is -2.26. The minimum Gasteiger partial charge on any atom is -0.493 e. The number of aliphatic carboxylic acids is 1. The number of hydrogen-bond acceptors (Lipinski definition) is 7. The Morgan fingerprint density at radius 3 is 2.92 bits per heavy atom. The maximum atomic E-state index is 11.6. The number of carboxylic acid groups (broad SMARTS) is 1. The Morgan fingerprint density at radius 2 is 2.28 bits per heavy atom. The lowest BCUT2D eigenvalue weighted by atomic mass is 10.2. The summed E-state index contributed by atoms with van der Waals surface area (Å²) < 4.78 is 11.5. The number of benzene rings is 1. The molecule has 0 spiro atoms. The van der Waals surface area contributed by atoms with Crippen molar-refractivity contribution in [2.24, 2.45) is 10.2 Å². The number of carboxylic acids is 1. The fourth-order valence-corrected chi connectivity index (χ4v) is 3.48. The van der Waals surface area contributed by atoms with E-state index in [0.29, 0.717) is 28.1 Å². The fraction of sp³-hybridized carbons (Fsp3) is 0.333. The maximum Gasteiger partial charge on any atom is 0.305 e. The summed E-state index contributed by atoms with van der Waals surface area (Å²) >= 11 is 4.46. The highest BCUT2D eigenvalue weighted by Crippen LogP contribution is 2.36. The second-order valence-corrected chi connectivity index (χ2v) is 6.86. The largest absolute Gasteiger partial charge is 0.493 e. The number of thioether (sulfide) groups is 1. The van der Waals surface area contributed by atoms with E-state index in [4.69, 9.17) is 14.6 Å². The number of carbonyl (C=O) groups excluding carboxylic acids is 1. The van der Waals surface area contributed by atoms with Gasteiger partial charge in [-0.3, -0.25) is 9.59 Å². The van der Waals surface area contributed by atoms with Gasteiger partial charge in [0.1, 0.15) is 5.25 Å². The van der Waals surface area contributed by atoms with Crippen molar-refractivity contribution in [2.45, 2.75) is 18.6 Å². The molecule has 2 N–H and O–H groups in total. The van der Waals surface area contributed by atoms with Gasteiger partial charge in [0.2, 0.25) is 5.91 Å². The number of nitrogens with zero attached hydrogens (tertiary/aromatic N) is 2. The van der Waals surface area contributed by atoms with E-state index in [2.05, 4.69) is 31.4 Å². The summed E-state index contributed by atoms with van der Waals surface area (Å²) in [6.45, 7) is 2.38. The molecule has 1 amide bonds. The van der Waals surface area contributed by atoms with Crippen molar-refractivity contribution in [3.8, 4) is 11.5 Å². The van der Waals surface area contributed by atoms with E-state index in [0.717, 1.165) is 11.8 Å². The first kappa shape index (κ1) is 19.3. The molecule has 0 radical (unpaired) electrons. The number of halogens is 1. The molecule has 0 aliphatic carbocycles. The van der Waals surface area contributed by atoms with E-state index < -0.39 is 11.2 Å². The third-order valence-electron chi connectivity index (χ3n) is 3.03. The number of amides is 1. The Bertz CT molecular complexity index is 738. The van der Waals surface area contributed by atoms with Crippen LogP contribution in [-0.2, 0) is 9.59 Å². The van der Waals surface area contributed by atoms with Crippen LogP contribution < -0.4 is 14.8 Å². The van der Waals surface area contributed by atoms with E-state index in [1.54, 1.807) is 19.2 Å². The van der Waals surface area contributed by atoms with Gasteiger partial charge in [0.25, 0.3) is 0 Å². The van der Waals surface area contributed by atoms with E-state index in [1.165, 1.54) is 6.21 Å². The van der Waals surface area contributed by atoms with Crippen LogP contribution in [0.3, 0.4) is 0 Å². The molecule has 0 bridgehead atoms. The number of nitrogens with one attached hydrogen (secondary N) is 1. The summed E-state index contributed by atoms with van der Waals surface area (Å²) in [6.07, 6.45) is 1.23. The second-order valence-electron chi connectivity index (χ2n) is 4.81. The zero-order valence-corrected chi connectivity index (χ0v) is 15.9. The average molecular weight is 430 g/mol. The molecule has 1 unspecified atom stereocenters. The molecule has 8 nitrogen and oxygen atoms in total. The number of hydrogen-bond donors (Lipinski definition) is 2. The van der Waals surface area contributed by atoms with Crippen LogP contribution >= 0.6 is 27.7 Å². The summed E-state index contributed by atoms with van der Waals surface area (Å²) in [7, 11) is 1.54. The average Bonchev–Trinajstić information content (AvgIpc) is 2.88. The van der Waals surface area contributed by atoms with Crippen LogP contribution in [0.1, 0.15) is 18.9 Å². The molecule has 1 fully saturated rings. The molecule has 134 valence electrons. The highest BCUT2D eigenvalue weighted by Gasteiger charge is 2.32. The normalized spacial score (nSPS) is 18.6. The van der Waals surface area contributed by atoms with Gasteiger partial charge in [-0.1, -0.05) is 11.8 Å². The predicted octanol–water partition coefficient (Wildman–Crippen LogP) is 2.25. The molecule has 1 aromatic carbocycles. The third-order valence-corrected chi connectivity index (χ3v) is 4.69. The van der Waals surface area contributed by atoms with Gasteiger partial charge in [-0.25, -0.2) is 0 Å². The summed E-state index contributed by atoms with van der Waals surface area (Å²) in [5.41, 5.74) is 0.716. The SMILES string of the molecule is CCOc1c(Br)cc(/C=N/N=C2\NC(=O)C(CC(=O)O)S2)cc1OC. The van der Waals surface area contributed by atoms with Crippen LogP contribution in [-0.4, -0.2) is 47.3 Å². The predicted molar refractivity (Wildman–Crippen MR) is 98.7 cm³/mol. The highest BCUT2D eigenvalue weighted by atomic mass is 79.9. The second kappa shape index (κ2) is 8.86. The molecule has 1 heterocycles. The summed E-state index contributed by atoms with van der Waals surface area (Å²) in [5, 5.41) is 18.7. The molecular formula is C15H16BrN3O5S. The highest BCUT2D eigenvalue weighted by molar-refractivity contribution is 9.10. The Hall–Kier alpha value is -2.07. The van der Waals surface area contributed by atoms with Gasteiger partial charge >= 0.3 is 5.97 Å². The minimum absolute atomic E-state index is 0.262. The van der Waals surface area contributed by atoms with Crippen molar-refractivity contribution in [1.29, 1.82) is 0 Å². The molecule has 1 saturated heterocycles. The molecular weight excluding hydrogens is 414 g/mol. The Labute approximate surface area is 156 Å². The van der Waals surface area contributed by atoms with Crippen molar-refractivity contribution in [3.63, 3.8) is 0 Å². The van der Waals surface area contributed by atoms with Gasteiger partial charge in [-0.15, -0.1) is 5.10 Å². The lowest BCUT2D eigenvalue weighted by Gasteiger charge is -2.11. The van der Waals surface area contributed by atoms with Crippen molar-refractivity contribution in [3.05, 3.63) is 22.2 Å². The molecule has 25 heavy (non-hydrogen) atoms. The van der Waals surface area contributed by atoms with Gasteiger partial charge < -0.3 is 19.9 Å². The molecule has 1 aliphatic heterocycles. The number of carbonyl (C=O) groups is 2.